The van der Waals surface area contributed by atoms with Gasteiger partial charge in [-0.15, -0.1) is 0 Å². The van der Waals surface area contributed by atoms with Crippen LogP contribution in [0.4, 0.5) is 5.69 Å². The van der Waals surface area contributed by atoms with Crippen LogP contribution in [0.3, 0.4) is 0 Å². The number of halogens is 1. The molecule has 3 rings (SSSR count). The molecule has 2 aromatic carbocycles. The highest BCUT2D eigenvalue weighted by atomic mass is 79.9. The van der Waals surface area contributed by atoms with Crippen LogP contribution in [0.25, 0.3) is 0 Å². The molecule has 0 spiro atoms. The Kier molecular flexibility index (Phi) is 7.09. The first-order chi connectivity index (χ1) is 13.5. The molecular formula is C22H25BrN2O3. The zero-order chi connectivity index (χ0) is 19.9. The lowest BCUT2D eigenvalue weighted by atomic mass is 9.95. The topological polar surface area (TPSA) is 67.4 Å². The van der Waals surface area contributed by atoms with Gasteiger partial charge in [-0.05, 0) is 61.7 Å². The van der Waals surface area contributed by atoms with Crippen LogP contribution < -0.4 is 15.4 Å². The standard InChI is InChI=1S/C22H25BrN2O3/c1-15-12-17(23)10-11-20(15)28-14-21(26)24-19-9-5-6-16(13-19)22(27)25-18-7-3-2-4-8-18/h5-6,9-13,18H,2-4,7-8,14H2,1H3,(H,24,26)(H,25,27). The smallest absolute Gasteiger partial charge is 0.262 e. The van der Waals surface area contributed by atoms with Crippen LogP contribution >= 0.6 is 15.9 Å². The third-order valence-corrected chi connectivity index (χ3v) is 5.34. The Labute approximate surface area is 174 Å². The summed E-state index contributed by atoms with van der Waals surface area (Å²) in [5.74, 6) is 0.302. The SMILES string of the molecule is Cc1cc(Br)ccc1OCC(=O)Nc1cccc(C(=O)NC2CCCCC2)c1. The van der Waals surface area contributed by atoms with E-state index in [9.17, 15) is 9.59 Å². The maximum atomic E-state index is 12.5. The lowest BCUT2D eigenvalue weighted by molar-refractivity contribution is -0.118. The van der Waals surface area contributed by atoms with Crippen LogP contribution in [0.15, 0.2) is 46.9 Å². The predicted octanol–water partition coefficient (Wildman–Crippen LogP) is 4.84. The average Bonchev–Trinajstić information content (AvgIpc) is 2.68. The van der Waals surface area contributed by atoms with E-state index in [0.717, 1.165) is 22.9 Å². The van der Waals surface area contributed by atoms with E-state index in [4.69, 9.17) is 4.74 Å². The largest absolute Gasteiger partial charge is 0.483 e. The second kappa shape index (κ2) is 9.73. The fourth-order valence-electron chi connectivity index (χ4n) is 3.37. The van der Waals surface area contributed by atoms with E-state index < -0.39 is 0 Å². The van der Waals surface area contributed by atoms with Gasteiger partial charge in [0.05, 0.1) is 0 Å². The van der Waals surface area contributed by atoms with E-state index in [2.05, 4.69) is 26.6 Å². The molecule has 28 heavy (non-hydrogen) atoms. The van der Waals surface area contributed by atoms with Crippen LogP contribution in [0.2, 0.25) is 0 Å². The molecule has 0 radical (unpaired) electrons. The number of benzene rings is 2. The third kappa shape index (κ3) is 5.83. The lowest BCUT2D eigenvalue weighted by Gasteiger charge is -2.22. The molecule has 1 fully saturated rings. The van der Waals surface area contributed by atoms with Gasteiger partial charge in [-0.3, -0.25) is 9.59 Å². The second-order valence-electron chi connectivity index (χ2n) is 7.14. The van der Waals surface area contributed by atoms with E-state index in [0.29, 0.717) is 17.0 Å². The quantitative estimate of drug-likeness (QED) is 0.669. The average molecular weight is 445 g/mol. The monoisotopic (exact) mass is 444 g/mol. The molecule has 0 aliphatic heterocycles. The summed E-state index contributed by atoms with van der Waals surface area (Å²) < 4.78 is 6.55. The van der Waals surface area contributed by atoms with E-state index in [1.54, 1.807) is 24.3 Å². The van der Waals surface area contributed by atoms with Crippen molar-refractivity contribution in [2.45, 2.75) is 45.1 Å². The number of carbonyl (C=O) groups is 2. The number of carbonyl (C=O) groups excluding carboxylic acids is 2. The van der Waals surface area contributed by atoms with E-state index in [1.165, 1.54) is 19.3 Å². The second-order valence-corrected chi connectivity index (χ2v) is 8.05. The number of hydrogen-bond donors (Lipinski definition) is 2. The molecule has 0 aromatic heterocycles. The van der Waals surface area contributed by atoms with Gasteiger partial charge < -0.3 is 15.4 Å². The highest BCUT2D eigenvalue weighted by molar-refractivity contribution is 9.10. The minimum absolute atomic E-state index is 0.0928. The predicted molar refractivity (Wildman–Crippen MR) is 114 cm³/mol. The molecule has 0 heterocycles. The highest BCUT2D eigenvalue weighted by Crippen LogP contribution is 2.22. The Morgan fingerprint density at radius 1 is 1.11 bits per heavy atom. The molecule has 148 valence electrons. The van der Waals surface area contributed by atoms with Crippen molar-refractivity contribution in [3.8, 4) is 5.75 Å². The molecule has 6 heteroatoms. The van der Waals surface area contributed by atoms with Gasteiger partial charge in [0.1, 0.15) is 5.75 Å². The first kappa shape index (κ1) is 20.4. The number of anilines is 1. The van der Waals surface area contributed by atoms with Crippen molar-refractivity contribution in [2.75, 3.05) is 11.9 Å². The summed E-state index contributed by atoms with van der Waals surface area (Å²) in [6, 6.07) is 12.9. The van der Waals surface area contributed by atoms with Crippen LogP contribution in [0.5, 0.6) is 5.75 Å². The number of rotatable bonds is 6. The number of nitrogens with one attached hydrogen (secondary N) is 2. The molecular weight excluding hydrogens is 420 g/mol. The molecule has 0 saturated heterocycles. The Hall–Kier alpha value is -2.34. The Morgan fingerprint density at radius 2 is 1.89 bits per heavy atom. The maximum absolute atomic E-state index is 12.5. The minimum atomic E-state index is -0.271. The Bertz CT molecular complexity index is 847. The summed E-state index contributed by atoms with van der Waals surface area (Å²) in [4.78, 5) is 24.7. The van der Waals surface area contributed by atoms with Gasteiger partial charge in [0, 0.05) is 21.8 Å². The van der Waals surface area contributed by atoms with Crippen molar-refractivity contribution in [3.05, 3.63) is 58.1 Å². The van der Waals surface area contributed by atoms with Crippen LogP contribution in [-0.2, 0) is 4.79 Å². The Balaban J connectivity index is 1.54. The fourth-order valence-corrected chi connectivity index (χ4v) is 3.84. The summed E-state index contributed by atoms with van der Waals surface area (Å²) >= 11 is 3.40. The summed E-state index contributed by atoms with van der Waals surface area (Å²) in [7, 11) is 0. The molecule has 2 amide bonds. The molecule has 0 bridgehead atoms. The van der Waals surface area contributed by atoms with Crippen molar-refractivity contribution in [1.82, 2.24) is 5.32 Å². The van der Waals surface area contributed by atoms with Gasteiger partial charge in [0.15, 0.2) is 6.61 Å². The Morgan fingerprint density at radius 3 is 2.64 bits per heavy atom. The zero-order valence-electron chi connectivity index (χ0n) is 16.0. The third-order valence-electron chi connectivity index (χ3n) is 4.84. The van der Waals surface area contributed by atoms with E-state index in [-0.39, 0.29) is 24.5 Å². The number of amides is 2. The van der Waals surface area contributed by atoms with Gasteiger partial charge in [0.25, 0.3) is 11.8 Å². The van der Waals surface area contributed by atoms with Crippen molar-refractivity contribution in [2.24, 2.45) is 0 Å². The molecule has 0 atom stereocenters. The van der Waals surface area contributed by atoms with Crippen molar-refractivity contribution >= 4 is 33.4 Å². The molecule has 1 saturated carbocycles. The summed E-state index contributed by atoms with van der Waals surface area (Å²) in [5.41, 5.74) is 2.08. The van der Waals surface area contributed by atoms with Crippen molar-refractivity contribution < 1.29 is 14.3 Å². The number of hydrogen-bond acceptors (Lipinski definition) is 3. The summed E-state index contributed by atoms with van der Waals surface area (Å²) in [5, 5.41) is 5.88. The first-order valence-electron chi connectivity index (χ1n) is 9.61. The van der Waals surface area contributed by atoms with Gasteiger partial charge in [0.2, 0.25) is 0 Å². The van der Waals surface area contributed by atoms with Crippen LogP contribution in [-0.4, -0.2) is 24.5 Å². The molecule has 2 N–H and O–H groups in total. The summed E-state index contributed by atoms with van der Waals surface area (Å²) in [6.07, 6.45) is 5.65. The van der Waals surface area contributed by atoms with E-state index in [1.807, 2.05) is 25.1 Å². The van der Waals surface area contributed by atoms with Crippen LogP contribution in [0, 0.1) is 6.92 Å². The maximum Gasteiger partial charge on any atom is 0.262 e. The normalized spacial score (nSPS) is 14.4. The minimum Gasteiger partial charge on any atom is -0.483 e. The van der Waals surface area contributed by atoms with Crippen LogP contribution in [0.1, 0.15) is 48.0 Å². The summed E-state index contributed by atoms with van der Waals surface area (Å²) in [6.45, 7) is 1.83. The van der Waals surface area contributed by atoms with Crippen molar-refractivity contribution in [1.29, 1.82) is 0 Å². The number of ether oxygens (including phenoxy) is 1. The van der Waals surface area contributed by atoms with Gasteiger partial charge in [-0.25, -0.2) is 0 Å². The first-order valence-corrected chi connectivity index (χ1v) is 10.4. The number of aryl methyl sites for hydroxylation is 1. The zero-order valence-corrected chi connectivity index (χ0v) is 17.6. The molecule has 1 aliphatic rings. The van der Waals surface area contributed by atoms with Gasteiger partial charge in [-0.1, -0.05) is 41.3 Å². The van der Waals surface area contributed by atoms with E-state index >= 15 is 0 Å². The highest BCUT2D eigenvalue weighted by Gasteiger charge is 2.17. The fraction of sp³-hybridized carbons (Fsp3) is 0.364. The molecule has 1 aliphatic carbocycles. The molecule has 0 unspecified atom stereocenters. The van der Waals surface area contributed by atoms with Crippen molar-refractivity contribution in [3.63, 3.8) is 0 Å². The molecule has 2 aromatic rings. The molecule has 5 nitrogen and oxygen atoms in total. The van der Waals surface area contributed by atoms with Gasteiger partial charge >= 0.3 is 0 Å². The lowest BCUT2D eigenvalue weighted by Crippen LogP contribution is -2.36. The van der Waals surface area contributed by atoms with Gasteiger partial charge in [-0.2, -0.15) is 0 Å².